The zero-order valence-corrected chi connectivity index (χ0v) is 9.71. The summed E-state index contributed by atoms with van der Waals surface area (Å²) >= 11 is 6.03. The number of halogens is 1. The first-order chi connectivity index (χ1) is 7.04. The maximum atomic E-state index is 8.92. The molecule has 0 unspecified atom stereocenters. The third kappa shape index (κ3) is 3.26. The molecule has 0 radical (unpaired) electrons. The van der Waals surface area contributed by atoms with E-state index in [1.807, 2.05) is 19.9 Å². The summed E-state index contributed by atoms with van der Waals surface area (Å²) in [5.74, 6) is 0.654. The van der Waals surface area contributed by atoms with Gasteiger partial charge in [0.15, 0.2) is 0 Å². The quantitative estimate of drug-likeness (QED) is 0.855. The SMILES string of the molecule is C=C(CO)c1ccc(OC(C)C)c(Cl)c1. The Balaban J connectivity index is 2.93. The first kappa shape index (κ1) is 12.1. The molecule has 1 aromatic carbocycles. The molecule has 1 rings (SSSR count). The van der Waals surface area contributed by atoms with E-state index >= 15 is 0 Å². The molecule has 2 nitrogen and oxygen atoms in total. The third-order valence-electron chi connectivity index (χ3n) is 1.89. The number of hydrogen-bond donors (Lipinski definition) is 1. The lowest BCUT2D eigenvalue weighted by Gasteiger charge is -2.12. The summed E-state index contributed by atoms with van der Waals surface area (Å²) in [4.78, 5) is 0. The van der Waals surface area contributed by atoms with Gasteiger partial charge in [-0.2, -0.15) is 0 Å². The van der Waals surface area contributed by atoms with Gasteiger partial charge in [0.1, 0.15) is 5.75 Å². The van der Waals surface area contributed by atoms with Crippen LogP contribution in [0.5, 0.6) is 5.75 Å². The Morgan fingerprint density at radius 2 is 2.20 bits per heavy atom. The van der Waals surface area contributed by atoms with Gasteiger partial charge < -0.3 is 9.84 Å². The minimum Gasteiger partial charge on any atom is -0.489 e. The molecule has 82 valence electrons. The molecule has 3 heteroatoms. The summed E-state index contributed by atoms with van der Waals surface area (Å²) in [6, 6.07) is 5.37. The predicted octanol–water partition coefficient (Wildman–Crippen LogP) is 3.13. The summed E-state index contributed by atoms with van der Waals surface area (Å²) < 4.78 is 5.49. The number of aliphatic hydroxyl groups is 1. The van der Waals surface area contributed by atoms with Crippen molar-refractivity contribution in [2.24, 2.45) is 0 Å². The fourth-order valence-corrected chi connectivity index (χ4v) is 1.39. The van der Waals surface area contributed by atoms with Gasteiger partial charge in [0, 0.05) is 0 Å². The standard InChI is InChI=1S/C12H15ClO2/c1-8(2)15-12-5-4-10(6-11(12)13)9(3)7-14/h4-6,8,14H,3,7H2,1-2H3. The van der Waals surface area contributed by atoms with Crippen LogP contribution in [0.1, 0.15) is 19.4 Å². The molecule has 1 aromatic rings. The molecule has 0 spiro atoms. The molecule has 0 aliphatic rings. The van der Waals surface area contributed by atoms with Crippen LogP contribution in [0, 0.1) is 0 Å². The van der Waals surface area contributed by atoms with Crippen LogP contribution in [0.2, 0.25) is 5.02 Å². The van der Waals surface area contributed by atoms with E-state index < -0.39 is 0 Å². The lowest BCUT2D eigenvalue weighted by molar-refractivity contribution is 0.242. The molecule has 0 fully saturated rings. The lowest BCUT2D eigenvalue weighted by Crippen LogP contribution is -2.06. The summed E-state index contributed by atoms with van der Waals surface area (Å²) in [5.41, 5.74) is 1.48. The van der Waals surface area contributed by atoms with E-state index in [1.54, 1.807) is 12.1 Å². The Bertz CT molecular complexity index is 359. The monoisotopic (exact) mass is 226 g/mol. The molecular weight excluding hydrogens is 212 g/mol. The maximum Gasteiger partial charge on any atom is 0.138 e. The second-order valence-corrected chi connectivity index (χ2v) is 3.98. The van der Waals surface area contributed by atoms with Crippen LogP contribution in [0.25, 0.3) is 5.57 Å². The van der Waals surface area contributed by atoms with E-state index in [0.29, 0.717) is 16.3 Å². The molecule has 0 aliphatic carbocycles. The molecule has 0 aliphatic heterocycles. The molecule has 0 aromatic heterocycles. The van der Waals surface area contributed by atoms with Crippen LogP contribution in [0.4, 0.5) is 0 Å². The third-order valence-corrected chi connectivity index (χ3v) is 2.19. The highest BCUT2D eigenvalue weighted by molar-refractivity contribution is 6.32. The van der Waals surface area contributed by atoms with E-state index in [2.05, 4.69) is 6.58 Å². The fourth-order valence-electron chi connectivity index (χ4n) is 1.16. The minimum atomic E-state index is -0.0687. The maximum absolute atomic E-state index is 8.92. The molecule has 0 atom stereocenters. The lowest BCUT2D eigenvalue weighted by atomic mass is 10.1. The van der Waals surface area contributed by atoms with Crippen molar-refractivity contribution in [1.29, 1.82) is 0 Å². The Morgan fingerprint density at radius 3 is 2.67 bits per heavy atom. The molecule has 0 bridgehead atoms. The van der Waals surface area contributed by atoms with E-state index in [0.717, 1.165) is 5.56 Å². The van der Waals surface area contributed by atoms with Crippen molar-refractivity contribution in [3.63, 3.8) is 0 Å². The fraction of sp³-hybridized carbons (Fsp3) is 0.333. The Hall–Kier alpha value is -0.990. The van der Waals surface area contributed by atoms with Crippen LogP contribution in [0.3, 0.4) is 0 Å². The topological polar surface area (TPSA) is 29.5 Å². The Labute approximate surface area is 95.1 Å². The average Bonchev–Trinajstić information content (AvgIpc) is 2.19. The first-order valence-corrected chi connectivity index (χ1v) is 5.17. The van der Waals surface area contributed by atoms with Gasteiger partial charge in [-0.05, 0) is 37.1 Å². The molecule has 1 N–H and O–H groups in total. The van der Waals surface area contributed by atoms with Gasteiger partial charge >= 0.3 is 0 Å². The molecule has 0 heterocycles. The summed E-state index contributed by atoms with van der Waals surface area (Å²) in [6.45, 7) is 7.54. The number of hydrogen-bond acceptors (Lipinski definition) is 2. The van der Waals surface area contributed by atoms with E-state index in [4.69, 9.17) is 21.4 Å². The average molecular weight is 227 g/mol. The van der Waals surface area contributed by atoms with Gasteiger partial charge in [0.25, 0.3) is 0 Å². The number of ether oxygens (including phenoxy) is 1. The van der Waals surface area contributed by atoms with Crippen LogP contribution in [0.15, 0.2) is 24.8 Å². The van der Waals surface area contributed by atoms with E-state index in [-0.39, 0.29) is 12.7 Å². The van der Waals surface area contributed by atoms with Crippen molar-refractivity contribution in [1.82, 2.24) is 0 Å². The zero-order chi connectivity index (χ0) is 11.4. The molecular formula is C12H15ClO2. The van der Waals surface area contributed by atoms with Crippen molar-refractivity contribution in [3.05, 3.63) is 35.4 Å². The van der Waals surface area contributed by atoms with Crippen molar-refractivity contribution < 1.29 is 9.84 Å². The highest BCUT2D eigenvalue weighted by Crippen LogP contribution is 2.28. The summed E-state index contributed by atoms with van der Waals surface area (Å²) in [6.07, 6.45) is 0.0920. The summed E-state index contributed by atoms with van der Waals surface area (Å²) in [5, 5.41) is 9.46. The largest absolute Gasteiger partial charge is 0.489 e. The molecule has 0 saturated carbocycles. The molecule has 0 saturated heterocycles. The first-order valence-electron chi connectivity index (χ1n) is 4.79. The number of rotatable bonds is 4. The van der Waals surface area contributed by atoms with Gasteiger partial charge in [-0.15, -0.1) is 0 Å². The normalized spacial score (nSPS) is 10.5. The Morgan fingerprint density at radius 1 is 1.53 bits per heavy atom. The van der Waals surface area contributed by atoms with E-state index in [1.165, 1.54) is 0 Å². The van der Waals surface area contributed by atoms with Gasteiger partial charge in [-0.1, -0.05) is 24.2 Å². The van der Waals surface area contributed by atoms with Crippen LogP contribution >= 0.6 is 11.6 Å². The smallest absolute Gasteiger partial charge is 0.138 e. The minimum absolute atomic E-state index is 0.0687. The number of aliphatic hydroxyl groups excluding tert-OH is 1. The summed E-state index contributed by atoms with van der Waals surface area (Å²) in [7, 11) is 0. The number of benzene rings is 1. The van der Waals surface area contributed by atoms with Gasteiger partial charge in [0.2, 0.25) is 0 Å². The van der Waals surface area contributed by atoms with Crippen LogP contribution in [-0.2, 0) is 0 Å². The van der Waals surface area contributed by atoms with Crippen LogP contribution in [-0.4, -0.2) is 17.8 Å². The molecule has 15 heavy (non-hydrogen) atoms. The van der Waals surface area contributed by atoms with Crippen molar-refractivity contribution >= 4 is 17.2 Å². The van der Waals surface area contributed by atoms with Crippen molar-refractivity contribution in [2.75, 3.05) is 6.61 Å². The van der Waals surface area contributed by atoms with Gasteiger partial charge in [-0.3, -0.25) is 0 Å². The van der Waals surface area contributed by atoms with Gasteiger partial charge in [0.05, 0.1) is 17.7 Å². The zero-order valence-electron chi connectivity index (χ0n) is 8.96. The Kier molecular flexibility index (Phi) is 4.18. The molecule has 0 amide bonds. The van der Waals surface area contributed by atoms with Crippen LogP contribution < -0.4 is 4.74 Å². The van der Waals surface area contributed by atoms with Gasteiger partial charge in [-0.25, -0.2) is 0 Å². The van der Waals surface area contributed by atoms with E-state index in [9.17, 15) is 0 Å². The van der Waals surface area contributed by atoms with Crippen molar-refractivity contribution in [2.45, 2.75) is 20.0 Å². The second kappa shape index (κ2) is 5.19. The second-order valence-electron chi connectivity index (χ2n) is 3.57. The highest BCUT2D eigenvalue weighted by Gasteiger charge is 2.06. The van der Waals surface area contributed by atoms with Crippen molar-refractivity contribution in [3.8, 4) is 5.75 Å². The predicted molar refractivity (Wildman–Crippen MR) is 63.3 cm³/mol. The highest BCUT2D eigenvalue weighted by atomic mass is 35.5.